The molecule has 2 rings (SSSR count). The van der Waals surface area contributed by atoms with Gasteiger partial charge in [0.1, 0.15) is 0 Å². The van der Waals surface area contributed by atoms with E-state index in [1.54, 1.807) is 0 Å². The first-order chi connectivity index (χ1) is 9.21. The van der Waals surface area contributed by atoms with Gasteiger partial charge in [0.25, 0.3) is 0 Å². The SMILES string of the molecule is FC(F)(F)c1cccc(-c2cc(Cl)c(Cl)c(Cl)c2)c1Cl. The Bertz CT molecular complexity index is 642. The van der Waals surface area contributed by atoms with Gasteiger partial charge in [-0.05, 0) is 23.8 Å². The lowest BCUT2D eigenvalue weighted by Crippen LogP contribution is -2.06. The highest BCUT2D eigenvalue weighted by atomic mass is 35.5. The van der Waals surface area contributed by atoms with Gasteiger partial charge in [-0.1, -0.05) is 58.5 Å². The maximum absolute atomic E-state index is 12.8. The minimum atomic E-state index is -4.53. The van der Waals surface area contributed by atoms with Crippen molar-refractivity contribution in [2.45, 2.75) is 6.18 Å². The first-order valence-electron chi connectivity index (χ1n) is 5.22. The van der Waals surface area contributed by atoms with E-state index in [2.05, 4.69) is 0 Å². The van der Waals surface area contributed by atoms with Gasteiger partial charge in [-0.3, -0.25) is 0 Å². The van der Waals surface area contributed by atoms with E-state index < -0.39 is 16.8 Å². The second-order valence-electron chi connectivity index (χ2n) is 3.92. The van der Waals surface area contributed by atoms with Gasteiger partial charge in [0, 0.05) is 5.56 Å². The molecule has 7 heteroatoms. The molecule has 106 valence electrons. The quantitative estimate of drug-likeness (QED) is 0.481. The summed E-state index contributed by atoms with van der Waals surface area (Å²) in [5, 5.41) is 0.0138. The molecule has 0 aliphatic rings. The summed E-state index contributed by atoms with van der Waals surface area (Å²) in [5.74, 6) is 0. The van der Waals surface area contributed by atoms with Crippen LogP contribution < -0.4 is 0 Å². The standard InChI is InChI=1S/C13H5Cl4F3/c14-9-4-6(5-10(15)12(9)17)7-2-1-3-8(11(7)16)13(18,19)20/h1-5H. The molecule has 0 fully saturated rings. The lowest BCUT2D eigenvalue weighted by Gasteiger charge is -2.13. The highest BCUT2D eigenvalue weighted by Gasteiger charge is 2.34. The van der Waals surface area contributed by atoms with Crippen LogP contribution in [0.1, 0.15) is 5.56 Å². The van der Waals surface area contributed by atoms with Gasteiger partial charge in [0.15, 0.2) is 0 Å². The fraction of sp³-hybridized carbons (Fsp3) is 0.0769. The highest BCUT2D eigenvalue weighted by molar-refractivity contribution is 6.48. The molecule has 2 aromatic carbocycles. The van der Waals surface area contributed by atoms with Crippen molar-refractivity contribution in [3.63, 3.8) is 0 Å². The van der Waals surface area contributed by atoms with E-state index in [4.69, 9.17) is 46.4 Å². The first-order valence-corrected chi connectivity index (χ1v) is 6.73. The van der Waals surface area contributed by atoms with Crippen molar-refractivity contribution in [2.24, 2.45) is 0 Å². The zero-order valence-electron chi connectivity index (χ0n) is 9.53. The van der Waals surface area contributed by atoms with Gasteiger partial charge in [-0.25, -0.2) is 0 Å². The topological polar surface area (TPSA) is 0 Å². The van der Waals surface area contributed by atoms with Gasteiger partial charge in [0.2, 0.25) is 0 Å². The molecule has 0 unspecified atom stereocenters. The third-order valence-corrected chi connectivity index (χ3v) is 4.20. The Balaban J connectivity index is 2.66. The number of benzene rings is 2. The first kappa shape index (κ1) is 15.8. The van der Waals surface area contributed by atoms with Gasteiger partial charge in [0.05, 0.1) is 25.7 Å². The minimum absolute atomic E-state index is 0.139. The van der Waals surface area contributed by atoms with E-state index in [1.165, 1.54) is 24.3 Å². The maximum atomic E-state index is 12.8. The molecule has 0 aliphatic heterocycles. The van der Waals surface area contributed by atoms with E-state index in [9.17, 15) is 13.2 Å². The van der Waals surface area contributed by atoms with Crippen LogP contribution in [0.25, 0.3) is 11.1 Å². The van der Waals surface area contributed by atoms with Crippen molar-refractivity contribution in [3.8, 4) is 11.1 Å². The molecular weight excluding hydrogens is 355 g/mol. The predicted molar refractivity (Wildman–Crippen MR) is 76.9 cm³/mol. The maximum Gasteiger partial charge on any atom is 0.417 e. The Morgan fingerprint density at radius 2 is 1.35 bits per heavy atom. The Labute approximate surface area is 133 Å². The van der Waals surface area contributed by atoms with Crippen molar-refractivity contribution in [1.82, 2.24) is 0 Å². The van der Waals surface area contributed by atoms with Crippen LogP contribution in [0.2, 0.25) is 20.1 Å². The molecule has 0 bridgehead atoms. The van der Waals surface area contributed by atoms with Gasteiger partial charge >= 0.3 is 6.18 Å². The van der Waals surface area contributed by atoms with Gasteiger partial charge < -0.3 is 0 Å². The number of hydrogen-bond donors (Lipinski definition) is 0. The summed E-state index contributed by atoms with van der Waals surface area (Å²) < 4.78 is 38.4. The molecular formula is C13H5Cl4F3. The van der Waals surface area contributed by atoms with Crippen molar-refractivity contribution in [3.05, 3.63) is 56.0 Å². The van der Waals surface area contributed by atoms with E-state index in [0.717, 1.165) is 6.07 Å². The van der Waals surface area contributed by atoms with Crippen LogP contribution in [-0.4, -0.2) is 0 Å². The third kappa shape index (κ3) is 3.01. The van der Waals surface area contributed by atoms with E-state index in [1.807, 2.05) is 0 Å². The number of alkyl halides is 3. The van der Waals surface area contributed by atoms with E-state index in [-0.39, 0.29) is 20.6 Å². The molecule has 0 saturated heterocycles. The molecule has 0 nitrogen and oxygen atoms in total. The largest absolute Gasteiger partial charge is 0.417 e. The molecule has 0 aromatic heterocycles. The summed E-state index contributed by atoms with van der Waals surface area (Å²) in [6, 6.07) is 6.45. The highest BCUT2D eigenvalue weighted by Crippen LogP contribution is 2.42. The zero-order chi connectivity index (χ0) is 15.1. The number of rotatable bonds is 1. The Hall–Kier alpha value is -0.610. The van der Waals surface area contributed by atoms with E-state index in [0.29, 0.717) is 5.56 Å². The van der Waals surface area contributed by atoms with Crippen molar-refractivity contribution < 1.29 is 13.2 Å². The molecule has 2 aromatic rings. The smallest absolute Gasteiger partial charge is 0.166 e. The van der Waals surface area contributed by atoms with Crippen LogP contribution in [0.4, 0.5) is 13.2 Å². The van der Waals surface area contributed by atoms with Crippen LogP contribution in [-0.2, 0) is 6.18 Å². The molecule has 20 heavy (non-hydrogen) atoms. The van der Waals surface area contributed by atoms with Crippen LogP contribution in [0, 0.1) is 0 Å². The van der Waals surface area contributed by atoms with Crippen molar-refractivity contribution >= 4 is 46.4 Å². The van der Waals surface area contributed by atoms with Crippen molar-refractivity contribution in [2.75, 3.05) is 0 Å². The summed E-state index contributed by atoms with van der Waals surface area (Å²) >= 11 is 23.4. The lowest BCUT2D eigenvalue weighted by atomic mass is 10.0. The lowest BCUT2D eigenvalue weighted by molar-refractivity contribution is -0.137. The summed E-state index contributed by atoms with van der Waals surface area (Å²) in [5.41, 5.74) is -0.374. The summed E-state index contributed by atoms with van der Waals surface area (Å²) in [6.07, 6.45) is -4.53. The molecule has 0 N–H and O–H groups in total. The Morgan fingerprint density at radius 1 is 0.800 bits per heavy atom. The fourth-order valence-electron chi connectivity index (χ4n) is 1.68. The molecule has 0 aliphatic carbocycles. The Kier molecular flexibility index (Phi) is 4.45. The average Bonchev–Trinajstić information content (AvgIpc) is 2.34. The van der Waals surface area contributed by atoms with Crippen LogP contribution in [0.15, 0.2) is 30.3 Å². The third-order valence-electron chi connectivity index (χ3n) is 2.60. The van der Waals surface area contributed by atoms with Crippen LogP contribution in [0.5, 0.6) is 0 Å². The summed E-state index contributed by atoms with van der Waals surface area (Å²) in [7, 11) is 0. The monoisotopic (exact) mass is 358 g/mol. The second-order valence-corrected chi connectivity index (χ2v) is 5.49. The van der Waals surface area contributed by atoms with Gasteiger partial charge in [-0.15, -0.1) is 0 Å². The molecule has 0 heterocycles. The fourth-order valence-corrected chi connectivity index (χ4v) is 2.62. The van der Waals surface area contributed by atoms with E-state index >= 15 is 0 Å². The number of halogens is 7. The normalized spacial score (nSPS) is 11.8. The molecule has 0 spiro atoms. The number of hydrogen-bond acceptors (Lipinski definition) is 0. The van der Waals surface area contributed by atoms with Crippen LogP contribution >= 0.6 is 46.4 Å². The summed E-state index contributed by atoms with van der Waals surface area (Å²) in [4.78, 5) is 0. The molecule has 0 radical (unpaired) electrons. The zero-order valence-corrected chi connectivity index (χ0v) is 12.6. The molecule has 0 amide bonds. The van der Waals surface area contributed by atoms with Gasteiger partial charge in [-0.2, -0.15) is 13.2 Å². The predicted octanol–water partition coefficient (Wildman–Crippen LogP) is 6.99. The summed E-state index contributed by atoms with van der Waals surface area (Å²) in [6.45, 7) is 0. The van der Waals surface area contributed by atoms with Crippen LogP contribution in [0.3, 0.4) is 0 Å². The second kappa shape index (κ2) is 5.64. The minimum Gasteiger partial charge on any atom is -0.166 e. The Morgan fingerprint density at radius 3 is 1.85 bits per heavy atom. The molecule has 0 atom stereocenters. The average molecular weight is 360 g/mol. The molecule has 0 saturated carbocycles. The van der Waals surface area contributed by atoms with Crippen molar-refractivity contribution in [1.29, 1.82) is 0 Å².